The first kappa shape index (κ1) is 20.7. The van der Waals surface area contributed by atoms with Crippen molar-refractivity contribution in [1.29, 1.82) is 0 Å². The number of esters is 1. The molecule has 3 rings (SSSR count). The van der Waals surface area contributed by atoms with Crippen molar-refractivity contribution in [3.63, 3.8) is 0 Å². The molecule has 0 saturated heterocycles. The van der Waals surface area contributed by atoms with Gasteiger partial charge in [-0.2, -0.15) is 0 Å². The first-order valence-electron chi connectivity index (χ1n) is 8.79. The Morgan fingerprint density at radius 1 is 1.21 bits per heavy atom. The van der Waals surface area contributed by atoms with E-state index < -0.39 is 34.0 Å². The highest BCUT2D eigenvalue weighted by atomic mass is 32.2. The summed E-state index contributed by atoms with van der Waals surface area (Å²) in [5.41, 5.74) is -0.310. The highest BCUT2D eigenvalue weighted by molar-refractivity contribution is 7.92. The Morgan fingerprint density at radius 2 is 1.93 bits per heavy atom. The van der Waals surface area contributed by atoms with Gasteiger partial charge in [0.2, 0.25) is 0 Å². The lowest BCUT2D eigenvalue weighted by Gasteiger charge is -2.26. The van der Waals surface area contributed by atoms with Crippen LogP contribution in [0.4, 0.5) is 10.1 Å². The second kappa shape index (κ2) is 7.43. The average molecular weight is 420 g/mol. The Hall–Kier alpha value is -3.01. The first-order chi connectivity index (χ1) is 13.5. The zero-order valence-electron chi connectivity index (χ0n) is 16.5. The Balaban J connectivity index is 2.07. The molecule has 3 aromatic rings. The molecule has 0 aliphatic carbocycles. The summed E-state index contributed by atoms with van der Waals surface area (Å²) in [6.45, 7) is 6.10. The first-order valence-corrected chi connectivity index (χ1v) is 10.2. The highest BCUT2D eigenvalue weighted by Crippen LogP contribution is 2.25. The second-order valence-corrected chi connectivity index (χ2v) is 9.28. The van der Waals surface area contributed by atoms with Gasteiger partial charge in [0.15, 0.2) is 5.65 Å². The Bertz CT molecular complexity index is 1170. The minimum atomic E-state index is -4.22. The topological polar surface area (TPSA) is 93.9 Å². The van der Waals surface area contributed by atoms with Crippen molar-refractivity contribution in [2.75, 3.05) is 10.8 Å². The molecule has 0 aliphatic rings. The van der Waals surface area contributed by atoms with Crippen molar-refractivity contribution in [2.24, 2.45) is 0 Å². The van der Waals surface area contributed by atoms with Crippen LogP contribution >= 0.6 is 0 Å². The van der Waals surface area contributed by atoms with Crippen molar-refractivity contribution in [1.82, 2.24) is 14.6 Å². The number of hydrogen-bond donors (Lipinski definition) is 0. The zero-order chi connectivity index (χ0) is 21.4. The molecule has 10 heteroatoms. The molecule has 29 heavy (non-hydrogen) atoms. The number of rotatable bonds is 5. The normalized spacial score (nSPS) is 12.2. The standard InChI is InChI=1S/C19H21FN4O4S/c1-13-21-22-17-9-8-16(11-23(13)17)29(26,27)24(12-18(25)28-19(2,3)4)15-7-5-6-14(20)10-15/h5-11H,12H2,1-4H3. The van der Waals surface area contributed by atoms with Crippen LogP contribution in [-0.4, -0.2) is 41.1 Å². The van der Waals surface area contributed by atoms with Gasteiger partial charge in [0.25, 0.3) is 10.0 Å². The average Bonchev–Trinajstić information content (AvgIpc) is 2.98. The van der Waals surface area contributed by atoms with Gasteiger partial charge in [-0.1, -0.05) is 6.07 Å². The number of carbonyl (C=O) groups excluding carboxylic acids is 1. The van der Waals surface area contributed by atoms with E-state index in [4.69, 9.17) is 4.74 Å². The van der Waals surface area contributed by atoms with Gasteiger partial charge in [0.1, 0.15) is 28.7 Å². The van der Waals surface area contributed by atoms with Gasteiger partial charge in [-0.25, -0.2) is 12.8 Å². The number of fused-ring (bicyclic) bond motifs is 1. The number of hydrogen-bond acceptors (Lipinski definition) is 6. The number of aryl methyl sites for hydroxylation is 1. The van der Waals surface area contributed by atoms with E-state index in [1.54, 1.807) is 27.7 Å². The van der Waals surface area contributed by atoms with Crippen molar-refractivity contribution in [3.05, 3.63) is 54.2 Å². The molecule has 1 aromatic carbocycles. The number of nitrogens with zero attached hydrogens (tertiary/aromatic N) is 4. The van der Waals surface area contributed by atoms with Crippen LogP contribution in [0.25, 0.3) is 5.65 Å². The lowest BCUT2D eigenvalue weighted by molar-refractivity contribution is -0.152. The van der Waals surface area contributed by atoms with E-state index in [9.17, 15) is 17.6 Å². The van der Waals surface area contributed by atoms with Crippen LogP contribution in [0.15, 0.2) is 47.5 Å². The summed E-state index contributed by atoms with van der Waals surface area (Å²) < 4.78 is 48.1. The molecule has 0 N–H and O–H groups in total. The minimum absolute atomic E-state index is 0.0106. The van der Waals surface area contributed by atoms with E-state index >= 15 is 0 Å². The molecule has 0 radical (unpaired) electrons. The quantitative estimate of drug-likeness (QED) is 0.589. The fourth-order valence-electron chi connectivity index (χ4n) is 2.70. The van der Waals surface area contributed by atoms with Gasteiger partial charge >= 0.3 is 5.97 Å². The van der Waals surface area contributed by atoms with E-state index in [0.29, 0.717) is 11.5 Å². The van der Waals surface area contributed by atoms with Crippen LogP contribution in [-0.2, 0) is 19.6 Å². The predicted molar refractivity (Wildman–Crippen MR) is 105 cm³/mol. The molecular formula is C19H21FN4O4S. The maximum Gasteiger partial charge on any atom is 0.327 e. The van der Waals surface area contributed by atoms with Crippen molar-refractivity contribution in [2.45, 2.75) is 38.2 Å². The van der Waals surface area contributed by atoms with Crippen LogP contribution in [0.3, 0.4) is 0 Å². The Labute approximate surface area is 168 Å². The minimum Gasteiger partial charge on any atom is -0.459 e. The number of benzene rings is 1. The maximum atomic E-state index is 13.8. The van der Waals surface area contributed by atoms with Gasteiger partial charge in [-0.05, 0) is 58.0 Å². The summed E-state index contributed by atoms with van der Waals surface area (Å²) in [6, 6.07) is 7.88. The number of sulfonamides is 1. The summed E-state index contributed by atoms with van der Waals surface area (Å²) in [7, 11) is -4.22. The fraction of sp³-hybridized carbons (Fsp3) is 0.316. The van der Waals surface area contributed by atoms with E-state index in [-0.39, 0.29) is 10.6 Å². The number of anilines is 1. The van der Waals surface area contributed by atoms with Gasteiger partial charge in [0.05, 0.1) is 5.69 Å². The largest absolute Gasteiger partial charge is 0.459 e. The van der Waals surface area contributed by atoms with Crippen molar-refractivity contribution in [3.8, 4) is 0 Å². The van der Waals surface area contributed by atoms with E-state index in [0.717, 1.165) is 10.4 Å². The third kappa shape index (κ3) is 4.53. The van der Waals surface area contributed by atoms with Crippen LogP contribution in [0.5, 0.6) is 0 Å². The molecule has 2 heterocycles. The summed E-state index contributed by atoms with van der Waals surface area (Å²) in [4.78, 5) is 12.3. The predicted octanol–water partition coefficient (Wildman–Crippen LogP) is 2.71. The number of ether oxygens (including phenoxy) is 1. The Kier molecular flexibility index (Phi) is 5.31. The number of halogens is 1. The van der Waals surface area contributed by atoms with Gasteiger partial charge in [0, 0.05) is 6.20 Å². The maximum absolute atomic E-state index is 13.8. The summed E-state index contributed by atoms with van der Waals surface area (Å²) in [5.74, 6) is -0.884. The third-order valence-electron chi connectivity index (χ3n) is 3.92. The monoisotopic (exact) mass is 420 g/mol. The number of carbonyl (C=O) groups is 1. The molecule has 0 fully saturated rings. The SMILES string of the molecule is Cc1nnc2ccc(S(=O)(=O)N(CC(=O)OC(C)(C)C)c3cccc(F)c3)cn12. The van der Waals surface area contributed by atoms with Gasteiger partial charge < -0.3 is 4.74 Å². The summed E-state index contributed by atoms with van der Waals surface area (Å²) >= 11 is 0. The fourth-order valence-corrected chi connectivity index (χ4v) is 4.10. The molecule has 0 saturated carbocycles. The molecule has 154 valence electrons. The lowest BCUT2D eigenvalue weighted by Crippen LogP contribution is -2.39. The molecule has 0 bridgehead atoms. The third-order valence-corrected chi connectivity index (χ3v) is 5.68. The van der Waals surface area contributed by atoms with E-state index in [1.165, 1.54) is 40.9 Å². The Morgan fingerprint density at radius 3 is 2.59 bits per heavy atom. The molecule has 0 atom stereocenters. The summed E-state index contributed by atoms with van der Waals surface area (Å²) in [6.07, 6.45) is 1.36. The smallest absolute Gasteiger partial charge is 0.327 e. The van der Waals surface area contributed by atoms with Gasteiger partial charge in [-0.3, -0.25) is 13.5 Å². The molecule has 0 aliphatic heterocycles. The van der Waals surface area contributed by atoms with Gasteiger partial charge in [-0.15, -0.1) is 10.2 Å². The number of pyridine rings is 1. The molecule has 0 amide bonds. The molecular weight excluding hydrogens is 399 g/mol. The molecule has 0 unspecified atom stereocenters. The van der Waals surface area contributed by atoms with E-state index in [2.05, 4.69) is 10.2 Å². The van der Waals surface area contributed by atoms with E-state index in [1.807, 2.05) is 0 Å². The lowest BCUT2D eigenvalue weighted by atomic mass is 10.2. The zero-order valence-corrected chi connectivity index (χ0v) is 17.3. The van der Waals surface area contributed by atoms with Crippen LogP contribution < -0.4 is 4.31 Å². The highest BCUT2D eigenvalue weighted by Gasteiger charge is 2.30. The van der Waals surface area contributed by atoms with Crippen molar-refractivity contribution < 1.29 is 22.3 Å². The summed E-state index contributed by atoms with van der Waals surface area (Å²) in [5, 5.41) is 7.83. The molecule has 2 aromatic heterocycles. The molecule has 8 nitrogen and oxygen atoms in total. The second-order valence-electron chi connectivity index (χ2n) is 7.42. The van der Waals surface area contributed by atoms with Crippen LogP contribution in [0, 0.1) is 12.7 Å². The van der Waals surface area contributed by atoms with Crippen molar-refractivity contribution >= 4 is 27.3 Å². The van der Waals surface area contributed by atoms with Crippen LogP contribution in [0.2, 0.25) is 0 Å². The van der Waals surface area contributed by atoms with Crippen LogP contribution in [0.1, 0.15) is 26.6 Å². The number of aromatic nitrogens is 3. The molecule has 0 spiro atoms.